The van der Waals surface area contributed by atoms with Gasteiger partial charge in [0.1, 0.15) is 6.10 Å². The Balaban J connectivity index is 2.70. The Hall–Kier alpha value is -2.24. The first kappa shape index (κ1) is 18.1. The highest BCUT2D eigenvalue weighted by molar-refractivity contribution is 5.97. The van der Waals surface area contributed by atoms with Crippen LogP contribution in [0, 0.1) is 0 Å². The lowest BCUT2D eigenvalue weighted by atomic mass is 10.0. The second-order valence-corrected chi connectivity index (χ2v) is 6.80. The summed E-state index contributed by atoms with van der Waals surface area (Å²) in [5.74, 6) is 0.682. The van der Waals surface area contributed by atoms with Crippen LogP contribution in [-0.4, -0.2) is 31.6 Å². The molecule has 1 aliphatic rings. The molecule has 0 aromatic heterocycles. The minimum atomic E-state index is -0.492. The van der Waals surface area contributed by atoms with E-state index < -0.39 is 11.6 Å². The molecule has 0 bridgehead atoms. The third-order valence-corrected chi connectivity index (χ3v) is 3.97. The smallest absolute Gasteiger partial charge is 0.303 e. The Labute approximate surface area is 142 Å². The standard InChI is InChI=1S/C18H25NO5/c1-11(20)24-14-7-8-17(21)19(18(2,3)4)13-10-16(23-6)15(22-5)9-12(13)14/h9-10,14H,7-8H2,1-6H3. The second kappa shape index (κ2) is 6.71. The fourth-order valence-corrected chi connectivity index (χ4v) is 3.05. The van der Waals surface area contributed by atoms with Crippen LogP contribution in [0.3, 0.4) is 0 Å². The monoisotopic (exact) mass is 335 g/mol. The van der Waals surface area contributed by atoms with Crippen LogP contribution in [0.5, 0.6) is 11.5 Å². The van der Waals surface area contributed by atoms with Gasteiger partial charge in [0.15, 0.2) is 11.5 Å². The van der Waals surface area contributed by atoms with Gasteiger partial charge in [-0.15, -0.1) is 0 Å². The normalized spacial score (nSPS) is 17.8. The first-order valence-electron chi connectivity index (χ1n) is 7.95. The SMILES string of the molecule is COc1cc2c(cc1OC)N(C(C)(C)C)C(=O)CCC2OC(C)=O. The molecule has 0 N–H and O–H groups in total. The van der Waals surface area contributed by atoms with Crippen LogP contribution in [-0.2, 0) is 14.3 Å². The fraction of sp³-hybridized carbons (Fsp3) is 0.556. The highest BCUT2D eigenvalue weighted by Gasteiger charge is 2.36. The van der Waals surface area contributed by atoms with Gasteiger partial charge in [-0.25, -0.2) is 0 Å². The Morgan fingerprint density at radius 2 is 1.75 bits per heavy atom. The number of hydrogen-bond acceptors (Lipinski definition) is 5. The number of anilines is 1. The van der Waals surface area contributed by atoms with E-state index in [1.807, 2.05) is 20.8 Å². The number of fused-ring (bicyclic) bond motifs is 1. The van der Waals surface area contributed by atoms with Crippen molar-refractivity contribution in [2.45, 2.75) is 52.2 Å². The van der Waals surface area contributed by atoms with Crippen molar-refractivity contribution in [1.82, 2.24) is 0 Å². The fourth-order valence-electron chi connectivity index (χ4n) is 3.05. The summed E-state index contributed by atoms with van der Waals surface area (Å²) < 4.78 is 16.2. The van der Waals surface area contributed by atoms with Crippen molar-refractivity contribution in [3.63, 3.8) is 0 Å². The van der Waals surface area contributed by atoms with Crippen LogP contribution in [0.1, 0.15) is 52.2 Å². The number of methoxy groups -OCH3 is 2. The van der Waals surface area contributed by atoms with E-state index in [1.165, 1.54) is 6.92 Å². The third kappa shape index (κ3) is 3.47. The molecule has 1 aliphatic heterocycles. The van der Waals surface area contributed by atoms with E-state index in [2.05, 4.69) is 0 Å². The molecule has 1 amide bonds. The molecule has 0 fully saturated rings. The molecule has 132 valence electrons. The summed E-state index contributed by atoms with van der Waals surface area (Å²) in [4.78, 5) is 26.0. The average Bonchev–Trinajstić information content (AvgIpc) is 2.61. The topological polar surface area (TPSA) is 65.1 Å². The van der Waals surface area contributed by atoms with E-state index >= 15 is 0 Å². The molecule has 1 aromatic carbocycles. The van der Waals surface area contributed by atoms with Crippen LogP contribution < -0.4 is 14.4 Å². The summed E-state index contributed by atoms with van der Waals surface area (Å²) in [6.45, 7) is 7.28. The van der Waals surface area contributed by atoms with Gasteiger partial charge in [-0.2, -0.15) is 0 Å². The summed E-state index contributed by atoms with van der Waals surface area (Å²) in [6, 6.07) is 3.57. The van der Waals surface area contributed by atoms with Crippen molar-refractivity contribution in [3.05, 3.63) is 17.7 Å². The minimum Gasteiger partial charge on any atom is -0.493 e. The summed E-state index contributed by atoms with van der Waals surface area (Å²) in [6.07, 6.45) is 0.246. The van der Waals surface area contributed by atoms with Gasteiger partial charge < -0.3 is 19.1 Å². The summed E-state index contributed by atoms with van der Waals surface area (Å²) in [7, 11) is 3.10. The molecule has 0 saturated heterocycles. The number of rotatable bonds is 3. The number of benzene rings is 1. The molecule has 24 heavy (non-hydrogen) atoms. The molecular formula is C18H25NO5. The molecule has 6 heteroatoms. The number of esters is 1. The van der Waals surface area contributed by atoms with E-state index in [1.54, 1.807) is 31.3 Å². The first-order chi connectivity index (χ1) is 11.2. The lowest BCUT2D eigenvalue weighted by molar-refractivity contribution is -0.147. The van der Waals surface area contributed by atoms with Gasteiger partial charge in [0, 0.05) is 30.5 Å². The van der Waals surface area contributed by atoms with E-state index in [0.29, 0.717) is 30.0 Å². The minimum absolute atomic E-state index is 0.00868. The zero-order valence-electron chi connectivity index (χ0n) is 15.1. The maximum atomic E-state index is 12.7. The largest absolute Gasteiger partial charge is 0.493 e. The van der Waals surface area contributed by atoms with Gasteiger partial charge in [-0.3, -0.25) is 9.59 Å². The van der Waals surface area contributed by atoms with Crippen LogP contribution in [0.4, 0.5) is 5.69 Å². The van der Waals surface area contributed by atoms with Crippen molar-refractivity contribution < 1.29 is 23.8 Å². The zero-order chi connectivity index (χ0) is 18.1. The Morgan fingerprint density at radius 1 is 1.17 bits per heavy atom. The lowest BCUT2D eigenvalue weighted by Gasteiger charge is -2.36. The Bertz CT molecular complexity index is 648. The highest BCUT2D eigenvalue weighted by atomic mass is 16.5. The predicted octanol–water partition coefficient (Wildman–Crippen LogP) is 3.23. The maximum Gasteiger partial charge on any atom is 0.303 e. The Kier molecular flexibility index (Phi) is 5.06. The van der Waals surface area contributed by atoms with Crippen molar-refractivity contribution >= 4 is 17.6 Å². The number of ether oxygens (including phenoxy) is 3. The molecule has 0 spiro atoms. The van der Waals surface area contributed by atoms with E-state index in [9.17, 15) is 9.59 Å². The molecule has 1 heterocycles. The predicted molar refractivity (Wildman–Crippen MR) is 90.5 cm³/mol. The molecule has 0 saturated carbocycles. The number of carbonyl (C=O) groups excluding carboxylic acids is 2. The summed E-state index contributed by atoms with van der Waals surface area (Å²) in [5, 5.41) is 0. The van der Waals surface area contributed by atoms with Crippen molar-refractivity contribution in [2.24, 2.45) is 0 Å². The number of hydrogen-bond donors (Lipinski definition) is 0. The molecule has 6 nitrogen and oxygen atoms in total. The van der Waals surface area contributed by atoms with Gasteiger partial charge in [-0.1, -0.05) is 0 Å². The average molecular weight is 335 g/mol. The number of amides is 1. The highest BCUT2D eigenvalue weighted by Crippen LogP contribution is 2.44. The quantitative estimate of drug-likeness (QED) is 0.794. The summed E-state index contributed by atoms with van der Waals surface area (Å²) >= 11 is 0. The van der Waals surface area contributed by atoms with Gasteiger partial charge in [0.2, 0.25) is 5.91 Å². The molecule has 1 aromatic rings. The maximum absolute atomic E-state index is 12.7. The van der Waals surface area contributed by atoms with Crippen molar-refractivity contribution in [3.8, 4) is 11.5 Å². The third-order valence-electron chi connectivity index (χ3n) is 3.97. The van der Waals surface area contributed by atoms with Gasteiger partial charge >= 0.3 is 5.97 Å². The van der Waals surface area contributed by atoms with Crippen LogP contribution in [0.25, 0.3) is 0 Å². The molecule has 1 unspecified atom stereocenters. The number of nitrogens with zero attached hydrogens (tertiary/aromatic N) is 1. The van der Waals surface area contributed by atoms with Gasteiger partial charge in [-0.05, 0) is 33.3 Å². The molecule has 0 aliphatic carbocycles. The van der Waals surface area contributed by atoms with Crippen molar-refractivity contribution in [2.75, 3.05) is 19.1 Å². The summed E-state index contributed by atoms with van der Waals surface area (Å²) in [5.41, 5.74) is 1.02. The lowest BCUT2D eigenvalue weighted by Crippen LogP contribution is -2.45. The Morgan fingerprint density at radius 3 is 2.25 bits per heavy atom. The van der Waals surface area contributed by atoms with Gasteiger partial charge in [0.25, 0.3) is 0 Å². The number of carbonyl (C=O) groups is 2. The van der Waals surface area contributed by atoms with Crippen molar-refractivity contribution in [1.29, 1.82) is 0 Å². The molecule has 1 atom stereocenters. The van der Waals surface area contributed by atoms with E-state index in [4.69, 9.17) is 14.2 Å². The van der Waals surface area contributed by atoms with E-state index in [0.717, 1.165) is 5.56 Å². The van der Waals surface area contributed by atoms with Crippen LogP contribution in [0.15, 0.2) is 12.1 Å². The van der Waals surface area contributed by atoms with Crippen LogP contribution >= 0.6 is 0 Å². The molecular weight excluding hydrogens is 310 g/mol. The first-order valence-corrected chi connectivity index (χ1v) is 7.95. The van der Waals surface area contributed by atoms with Crippen LogP contribution in [0.2, 0.25) is 0 Å². The van der Waals surface area contributed by atoms with Gasteiger partial charge in [0.05, 0.1) is 19.9 Å². The zero-order valence-corrected chi connectivity index (χ0v) is 15.1. The second-order valence-electron chi connectivity index (χ2n) is 6.80. The van der Waals surface area contributed by atoms with E-state index in [-0.39, 0.29) is 11.9 Å². The molecule has 2 rings (SSSR count). The molecule has 0 radical (unpaired) electrons.